The van der Waals surface area contributed by atoms with Gasteiger partial charge in [0.1, 0.15) is 5.82 Å². The number of rotatable bonds is 3. The van der Waals surface area contributed by atoms with Crippen molar-refractivity contribution in [2.24, 2.45) is 0 Å². The second kappa shape index (κ2) is 6.55. The summed E-state index contributed by atoms with van der Waals surface area (Å²) in [5, 5.41) is 0.430. The summed E-state index contributed by atoms with van der Waals surface area (Å²) in [4.78, 5) is 17.1. The molecule has 0 bridgehead atoms. The third-order valence-electron chi connectivity index (χ3n) is 6.49. The zero-order chi connectivity index (χ0) is 19.5. The molecule has 2 aromatic carbocycles. The van der Waals surface area contributed by atoms with Crippen LogP contribution in [0.5, 0.6) is 0 Å². The van der Waals surface area contributed by atoms with Gasteiger partial charge in [-0.3, -0.25) is 9.69 Å². The number of halogens is 2. The summed E-state index contributed by atoms with van der Waals surface area (Å²) in [5.74, 6) is -0.152. The Bertz CT molecular complexity index is 938. The van der Waals surface area contributed by atoms with Crippen molar-refractivity contribution in [3.05, 3.63) is 70.0 Å². The van der Waals surface area contributed by atoms with E-state index in [0.717, 1.165) is 18.5 Å². The summed E-state index contributed by atoms with van der Waals surface area (Å²) in [6, 6.07) is 13.3. The van der Waals surface area contributed by atoms with E-state index in [0.29, 0.717) is 35.7 Å². The number of hydrogen-bond acceptors (Lipinski definition) is 3. The van der Waals surface area contributed by atoms with Crippen LogP contribution in [-0.4, -0.2) is 40.6 Å². The van der Waals surface area contributed by atoms with Crippen molar-refractivity contribution in [3.8, 4) is 0 Å². The molecule has 1 spiro atoms. The zero-order valence-corrected chi connectivity index (χ0v) is 16.5. The summed E-state index contributed by atoms with van der Waals surface area (Å²) in [7, 11) is 0. The molecule has 5 rings (SSSR count). The van der Waals surface area contributed by atoms with Crippen LogP contribution in [0, 0.1) is 12.7 Å². The van der Waals surface area contributed by atoms with Crippen LogP contribution in [0.25, 0.3) is 0 Å². The van der Waals surface area contributed by atoms with Gasteiger partial charge in [0.05, 0.1) is 18.7 Å². The number of nitrogens with zero attached hydrogens (tertiary/aromatic N) is 2. The van der Waals surface area contributed by atoms with Gasteiger partial charge in [-0.2, -0.15) is 0 Å². The van der Waals surface area contributed by atoms with Crippen molar-refractivity contribution in [3.63, 3.8) is 0 Å². The molecule has 0 unspecified atom stereocenters. The molecule has 0 N–H and O–H groups in total. The van der Waals surface area contributed by atoms with Crippen LogP contribution in [-0.2, 0) is 16.1 Å². The van der Waals surface area contributed by atoms with Crippen LogP contribution in [0.2, 0.25) is 5.02 Å². The number of hydrogen-bond donors (Lipinski definition) is 0. The number of likely N-dealkylation sites (tertiary alicyclic amines) is 1. The van der Waals surface area contributed by atoms with E-state index in [1.54, 1.807) is 19.1 Å². The second-order valence-corrected chi connectivity index (χ2v) is 8.35. The van der Waals surface area contributed by atoms with E-state index >= 15 is 0 Å². The third kappa shape index (κ3) is 2.53. The molecule has 3 atom stereocenters. The second-order valence-electron chi connectivity index (χ2n) is 7.94. The van der Waals surface area contributed by atoms with Crippen LogP contribution in [0.4, 0.5) is 4.39 Å². The molecule has 2 aromatic rings. The molecule has 3 saturated heterocycles. The van der Waals surface area contributed by atoms with E-state index < -0.39 is 5.72 Å². The fraction of sp³-hybridized carbons (Fsp3) is 0.409. The van der Waals surface area contributed by atoms with Crippen LogP contribution < -0.4 is 0 Å². The van der Waals surface area contributed by atoms with E-state index in [-0.39, 0.29) is 23.8 Å². The lowest BCUT2D eigenvalue weighted by molar-refractivity contribution is -0.138. The summed E-state index contributed by atoms with van der Waals surface area (Å²) in [5.41, 5.74) is 1.57. The van der Waals surface area contributed by atoms with Crippen LogP contribution in [0.3, 0.4) is 0 Å². The van der Waals surface area contributed by atoms with Crippen LogP contribution in [0.15, 0.2) is 42.5 Å². The topological polar surface area (TPSA) is 32.8 Å². The molecule has 0 aliphatic carbocycles. The van der Waals surface area contributed by atoms with Gasteiger partial charge in [0.25, 0.3) is 0 Å². The first-order valence-corrected chi connectivity index (χ1v) is 10.1. The highest BCUT2D eigenvalue weighted by Gasteiger charge is 2.64. The van der Waals surface area contributed by atoms with Crippen molar-refractivity contribution in [1.29, 1.82) is 0 Å². The quantitative estimate of drug-likeness (QED) is 0.778. The predicted octanol–water partition coefficient (Wildman–Crippen LogP) is 4.06. The highest BCUT2D eigenvalue weighted by molar-refractivity contribution is 6.31. The largest absolute Gasteiger partial charge is 0.351 e. The van der Waals surface area contributed by atoms with Crippen molar-refractivity contribution >= 4 is 17.5 Å². The Hall–Kier alpha value is -1.95. The van der Waals surface area contributed by atoms with Gasteiger partial charge in [0, 0.05) is 36.5 Å². The summed E-state index contributed by atoms with van der Waals surface area (Å²) < 4.78 is 21.0. The van der Waals surface area contributed by atoms with E-state index in [1.165, 1.54) is 0 Å². The fourth-order valence-electron chi connectivity index (χ4n) is 5.10. The van der Waals surface area contributed by atoms with Crippen molar-refractivity contribution in [2.75, 3.05) is 13.2 Å². The lowest BCUT2D eigenvalue weighted by atomic mass is 10.0. The first-order valence-electron chi connectivity index (χ1n) is 9.70. The van der Waals surface area contributed by atoms with E-state index in [9.17, 15) is 9.18 Å². The molecule has 3 heterocycles. The van der Waals surface area contributed by atoms with E-state index in [1.807, 2.05) is 35.2 Å². The molecular formula is C22H22ClFN2O2. The van der Waals surface area contributed by atoms with Gasteiger partial charge >= 0.3 is 0 Å². The number of benzene rings is 2. The minimum atomic E-state index is -0.607. The Balaban J connectivity index is 1.45. The average Bonchev–Trinajstić information content (AvgIpc) is 3.32. The molecule has 146 valence electrons. The molecule has 0 aromatic heterocycles. The van der Waals surface area contributed by atoms with Gasteiger partial charge in [-0.05, 0) is 24.1 Å². The molecule has 3 aliphatic rings. The van der Waals surface area contributed by atoms with E-state index in [2.05, 4.69) is 4.90 Å². The molecule has 3 aliphatic heterocycles. The maximum atomic E-state index is 14.7. The molecule has 0 radical (unpaired) electrons. The van der Waals surface area contributed by atoms with E-state index in [4.69, 9.17) is 16.3 Å². The van der Waals surface area contributed by atoms with Gasteiger partial charge in [0.2, 0.25) is 5.91 Å². The molecule has 4 nitrogen and oxygen atoms in total. The summed E-state index contributed by atoms with van der Waals surface area (Å²) in [6.07, 6.45) is 1.13. The first-order chi connectivity index (χ1) is 13.5. The number of aryl methyl sites for hydroxylation is 1. The minimum Gasteiger partial charge on any atom is -0.351 e. The smallest absolute Gasteiger partial charge is 0.227 e. The van der Waals surface area contributed by atoms with Crippen molar-refractivity contribution in [2.45, 2.75) is 44.1 Å². The predicted molar refractivity (Wildman–Crippen MR) is 104 cm³/mol. The maximum Gasteiger partial charge on any atom is 0.227 e. The Morgan fingerprint density at radius 2 is 2.04 bits per heavy atom. The first kappa shape index (κ1) is 18.1. The maximum absolute atomic E-state index is 14.7. The van der Waals surface area contributed by atoms with Crippen molar-refractivity contribution < 1.29 is 13.9 Å². The molecule has 1 amide bonds. The number of carbonyl (C=O) groups excluding carboxylic acids is 1. The lowest BCUT2D eigenvalue weighted by Crippen LogP contribution is -2.48. The summed E-state index contributed by atoms with van der Waals surface area (Å²) in [6.45, 7) is 3.38. The average molecular weight is 401 g/mol. The lowest BCUT2D eigenvalue weighted by Gasteiger charge is -2.33. The standard InChI is InChI=1S/C22H22ClFN2O2/c1-14-7-8-17(23)16(21(14)24)12-25-10-9-22-19(25)11-20(27)26(22)18(13-28-22)15-5-3-2-4-6-15/h2-8,18-19H,9-13H2,1H3/t18-,19+,22-/m0/s1. The van der Waals surface area contributed by atoms with Gasteiger partial charge in [-0.15, -0.1) is 0 Å². The zero-order valence-electron chi connectivity index (χ0n) is 15.7. The number of amides is 1. The van der Waals surface area contributed by atoms with Gasteiger partial charge < -0.3 is 9.64 Å². The fourth-order valence-corrected chi connectivity index (χ4v) is 5.31. The monoisotopic (exact) mass is 400 g/mol. The molecule has 0 saturated carbocycles. The minimum absolute atomic E-state index is 0.0575. The molecular weight excluding hydrogens is 379 g/mol. The van der Waals surface area contributed by atoms with Crippen LogP contribution >= 0.6 is 11.6 Å². The van der Waals surface area contributed by atoms with Gasteiger partial charge in [-0.1, -0.05) is 48.0 Å². The molecule has 28 heavy (non-hydrogen) atoms. The highest BCUT2D eigenvalue weighted by Crippen LogP contribution is 2.52. The van der Waals surface area contributed by atoms with Crippen LogP contribution in [0.1, 0.15) is 35.6 Å². The highest BCUT2D eigenvalue weighted by atomic mass is 35.5. The molecule has 6 heteroatoms. The Morgan fingerprint density at radius 1 is 1.25 bits per heavy atom. The third-order valence-corrected chi connectivity index (χ3v) is 6.84. The SMILES string of the molecule is Cc1ccc(Cl)c(CN2CC[C@@]34OC[C@@H](c5ccccc5)N3C(=O)C[C@@H]24)c1F. The Morgan fingerprint density at radius 3 is 2.82 bits per heavy atom. The van der Waals surface area contributed by atoms with Crippen molar-refractivity contribution in [1.82, 2.24) is 9.80 Å². The van der Waals surface area contributed by atoms with Gasteiger partial charge in [-0.25, -0.2) is 4.39 Å². The van der Waals surface area contributed by atoms with Gasteiger partial charge in [0.15, 0.2) is 5.72 Å². The normalized spacial score (nSPS) is 29.4. The Labute approximate surface area is 168 Å². The number of ether oxygens (including phenoxy) is 1. The molecule has 3 fully saturated rings. The summed E-state index contributed by atoms with van der Waals surface area (Å²) >= 11 is 6.29. The Kier molecular flexibility index (Phi) is 4.23. The number of carbonyl (C=O) groups is 1.